The van der Waals surface area contributed by atoms with Gasteiger partial charge in [-0.3, -0.25) is 0 Å². The Labute approximate surface area is 316 Å². The number of nitrogens with zero attached hydrogens (tertiary/aromatic N) is 4. The molecule has 256 valence electrons. The van der Waals surface area contributed by atoms with Crippen molar-refractivity contribution in [2.75, 3.05) is 0 Å². The molecule has 0 atom stereocenters. The molecule has 0 saturated carbocycles. The molecular formula is C46H38N4NiSi. The number of aryl methyl sites for hydroxylation is 3. The first-order valence-electron chi connectivity index (χ1n) is 17.4. The maximum atomic E-state index is 5.35. The van der Waals surface area contributed by atoms with Gasteiger partial charge in [-0.25, -0.2) is 9.97 Å². The molecule has 2 aliphatic heterocycles. The van der Waals surface area contributed by atoms with Crippen molar-refractivity contribution in [3.05, 3.63) is 142 Å². The van der Waals surface area contributed by atoms with Gasteiger partial charge in [0.2, 0.25) is 0 Å². The van der Waals surface area contributed by atoms with Crippen LogP contribution in [-0.2, 0) is 16.5 Å². The van der Waals surface area contributed by atoms with Crippen molar-refractivity contribution in [3.8, 4) is 44.8 Å². The third-order valence-electron chi connectivity index (χ3n) is 9.19. The zero-order valence-corrected chi connectivity index (χ0v) is 32.1. The monoisotopic (exact) mass is 732 g/mol. The molecule has 5 heterocycles. The van der Waals surface area contributed by atoms with Gasteiger partial charge in [0.25, 0.3) is 0 Å². The molecule has 0 unspecified atom stereocenters. The zero-order valence-electron chi connectivity index (χ0n) is 30.2. The number of aromatic nitrogens is 4. The van der Waals surface area contributed by atoms with Crippen molar-refractivity contribution in [2.45, 2.75) is 40.4 Å². The molecule has 6 aromatic rings. The minimum absolute atomic E-state index is 0. The summed E-state index contributed by atoms with van der Waals surface area (Å²) in [5, 5.41) is 0. The SMILES string of the molecule is Cc1ccc(-c2c3nc(c(-c4ccc(C)cc4)c4ccc([n-]4)c(-c4ccc(C)cc4)c4nc(c(C#C[Si](C)(C)C)c5ccc2[n-]5)C=C4)C=C3)cc1.[Ni+2]. The van der Waals surface area contributed by atoms with Crippen molar-refractivity contribution in [1.82, 2.24) is 19.9 Å². The standard InChI is InChI=1S/C46H38N4Si.Ni/c1-29-7-13-32(14-8-29)44-38-21-19-36(47-38)35(27-28-51(4,5)6)37-20-22-39(48-37)45(33-15-9-30(2)10-16-33)41-24-26-43(50-41)46(42-25-23-40(44)49-42)34-17-11-31(3)12-18-34;/h7-26H,1-6H3;/q-2;+2. The smallest absolute Gasteiger partial charge is 0.657 e. The molecule has 0 amide bonds. The Morgan fingerprint density at radius 1 is 0.442 bits per heavy atom. The quantitative estimate of drug-likeness (QED) is 0.134. The van der Waals surface area contributed by atoms with Crippen LogP contribution in [-0.4, -0.2) is 18.0 Å². The molecule has 0 fully saturated rings. The molecule has 0 radical (unpaired) electrons. The van der Waals surface area contributed by atoms with E-state index in [4.69, 9.17) is 19.9 Å². The summed E-state index contributed by atoms with van der Waals surface area (Å²) in [6.07, 6.45) is 8.39. The largest absolute Gasteiger partial charge is 2.00 e. The molecule has 2 aliphatic rings. The zero-order chi connectivity index (χ0) is 35.3. The number of benzene rings is 3. The summed E-state index contributed by atoms with van der Waals surface area (Å²) < 4.78 is 0. The maximum Gasteiger partial charge on any atom is 2.00 e. The average molecular weight is 734 g/mol. The second-order valence-electron chi connectivity index (χ2n) is 14.5. The maximum absolute atomic E-state index is 5.35. The molecule has 0 saturated heterocycles. The van der Waals surface area contributed by atoms with E-state index in [0.29, 0.717) is 0 Å². The van der Waals surface area contributed by atoms with Crippen molar-refractivity contribution in [2.24, 2.45) is 0 Å². The predicted octanol–water partition coefficient (Wildman–Crippen LogP) is 11.1. The van der Waals surface area contributed by atoms with Crippen LogP contribution in [0.2, 0.25) is 19.6 Å². The molecule has 52 heavy (non-hydrogen) atoms. The van der Waals surface area contributed by atoms with E-state index in [1.54, 1.807) is 0 Å². The van der Waals surface area contributed by atoms with Gasteiger partial charge in [-0.15, -0.1) is 27.6 Å². The third kappa shape index (κ3) is 6.91. The summed E-state index contributed by atoms with van der Waals surface area (Å²) in [5.74, 6) is 3.56. The van der Waals surface area contributed by atoms with E-state index in [1.165, 1.54) is 16.7 Å². The van der Waals surface area contributed by atoms with Gasteiger partial charge in [0.05, 0.1) is 22.8 Å². The summed E-state index contributed by atoms with van der Waals surface area (Å²) >= 11 is 0. The molecule has 3 aromatic carbocycles. The number of fused-ring (bicyclic) bond motifs is 8. The van der Waals surface area contributed by atoms with Crippen LogP contribution in [0.1, 0.15) is 45.0 Å². The van der Waals surface area contributed by atoms with Crippen LogP contribution in [0.5, 0.6) is 0 Å². The van der Waals surface area contributed by atoms with E-state index >= 15 is 0 Å². The van der Waals surface area contributed by atoms with Crippen LogP contribution in [0.15, 0.2) is 97.1 Å². The van der Waals surface area contributed by atoms with E-state index in [9.17, 15) is 0 Å². The Morgan fingerprint density at radius 2 is 0.769 bits per heavy atom. The van der Waals surface area contributed by atoms with Crippen molar-refractivity contribution in [1.29, 1.82) is 0 Å². The van der Waals surface area contributed by atoms with Gasteiger partial charge in [0.15, 0.2) is 0 Å². The fourth-order valence-corrected chi connectivity index (χ4v) is 7.01. The molecule has 4 nitrogen and oxygen atoms in total. The van der Waals surface area contributed by atoms with E-state index < -0.39 is 8.07 Å². The minimum atomic E-state index is -1.73. The molecule has 8 bridgehead atoms. The first kappa shape index (κ1) is 35.0. The van der Waals surface area contributed by atoms with E-state index in [1.807, 2.05) is 0 Å². The first-order chi connectivity index (χ1) is 24.6. The van der Waals surface area contributed by atoms with Gasteiger partial charge < -0.3 is 9.97 Å². The summed E-state index contributed by atoms with van der Waals surface area (Å²) in [5.41, 5.74) is 20.9. The molecule has 8 rings (SSSR count). The summed E-state index contributed by atoms with van der Waals surface area (Å²) in [6.45, 7) is 13.1. The number of hydrogen-bond donors (Lipinski definition) is 0. The van der Waals surface area contributed by atoms with Crippen LogP contribution in [0.25, 0.3) is 79.8 Å². The van der Waals surface area contributed by atoms with Crippen LogP contribution >= 0.6 is 0 Å². The summed E-state index contributed by atoms with van der Waals surface area (Å²) in [6, 6.07) is 34.2. The van der Waals surface area contributed by atoms with Gasteiger partial charge in [-0.1, -0.05) is 139 Å². The minimum Gasteiger partial charge on any atom is -0.657 e. The molecule has 0 N–H and O–H groups in total. The van der Waals surface area contributed by atoms with Crippen molar-refractivity contribution in [3.63, 3.8) is 0 Å². The molecule has 6 heteroatoms. The Bertz CT molecular complexity index is 2580. The Kier molecular flexibility index (Phi) is 9.36. The van der Waals surface area contributed by atoms with Crippen molar-refractivity contribution >= 4 is 54.4 Å². The Hall–Kier alpha value is -5.47. The van der Waals surface area contributed by atoms with E-state index in [2.05, 4.69) is 173 Å². The topological polar surface area (TPSA) is 54.0 Å². The average Bonchev–Trinajstić information content (AvgIpc) is 3.94. The van der Waals surface area contributed by atoms with Crippen LogP contribution in [0.3, 0.4) is 0 Å². The summed E-state index contributed by atoms with van der Waals surface area (Å²) in [7, 11) is -1.73. The second kappa shape index (κ2) is 13.9. The van der Waals surface area contributed by atoms with Gasteiger partial charge in [0, 0.05) is 5.56 Å². The van der Waals surface area contributed by atoms with E-state index in [0.717, 1.165) is 83.8 Å². The predicted molar refractivity (Wildman–Crippen MR) is 218 cm³/mol. The van der Waals surface area contributed by atoms with Crippen molar-refractivity contribution < 1.29 is 16.5 Å². The molecular weight excluding hydrogens is 695 g/mol. The fraction of sp³-hybridized carbons (Fsp3) is 0.130. The van der Waals surface area contributed by atoms with Gasteiger partial charge >= 0.3 is 16.5 Å². The fourth-order valence-electron chi connectivity index (χ4n) is 6.51. The van der Waals surface area contributed by atoms with Crippen LogP contribution < -0.4 is 9.97 Å². The number of rotatable bonds is 3. The molecule has 0 aliphatic carbocycles. The van der Waals surface area contributed by atoms with Crippen LogP contribution in [0.4, 0.5) is 0 Å². The molecule has 0 spiro atoms. The molecule has 3 aromatic heterocycles. The van der Waals surface area contributed by atoms with Gasteiger partial charge in [0.1, 0.15) is 8.07 Å². The second-order valence-corrected chi connectivity index (χ2v) is 19.2. The van der Waals surface area contributed by atoms with Gasteiger partial charge in [-0.2, -0.15) is 0 Å². The van der Waals surface area contributed by atoms with Crippen LogP contribution in [0, 0.1) is 32.2 Å². The number of hydrogen-bond acceptors (Lipinski definition) is 2. The Balaban J connectivity index is 0.00000420. The first-order valence-corrected chi connectivity index (χ1v) is 20.9. The van der Waals surface area contributed by atoms with Gasteiger partial charge in [-0.05, 0) is 78.5 Å². The third-order valence-corrected chi connectivity index (χ3v) is 10.1. The Morgan fingerprint density at radius 3 is 1.15 bits per heavy atom. The summed E-state index contributed by atoms with van der Waals surface area (Å²) in [4.78, 5) is 21.3. The van der Waals surface area contributed by atoms with E-state index in [-0.39, 0.29) is 16.5 Å². The normalized spacial score (nSPS) is 12.0.